The minimum atomic E-state index is -0.890. The number of likely N-dealkylation sites (tertiary alicyclic amines) is 1. The van der Waals surface area contributed by atoms with Crippen LogP contribution in [0.4, 0.5) is 0 Å². The van der Waals surface area contributed by atoms with E-state index in [4.69, 9.17) is 0 Å². The summed E-state index contributed by atoms with van der Waals surface area (Å²) in [5.74, 6) is -1.02. The molecule has 0 unspecified atom stereocenters. The lowest BCUT2D eigenvalue weighted by Gasteiger charge is -2.28. The van der Waals surface area contributed by atoms with Gasteiger partial charge in [-0.25, -0.2) is 0 Å². The van der Waals surface area contributed by atoms with Crippen LogP contribution in [0.2, 0.25) is 0 Å². The number of H-pyrrole nitrogens is 1. The molecule has 3 aliphatic rings. The SMILES string of the molecule is O=C1NCC[C@H]1CC[C@H](NC(=O)[C@@H]1[C@H]2CCC[C@H]2CN1C(=O)c1ccc(-c2ccccc2)[nH]1)C(=O)CO. The molecule has 3 amide bonds. The molecule has 1 saturated carbocycles. The second-order valence-corrected chi connectivity index (χ2v) is 10.4. The van der Waals surface area contributed by atoms with Crippen molar-refractivity contribution in [3.63, 3.8) is 0 Å². The number of aliphatic hydroxyl groups excluding tert-OH is 1. The zero-order chi connectivity index (χ0) is 25.9. The number of rotatable bonds is 9. The summed E-state index contributed by atoms with van der Waals surface area (Å²) in [4.78, 5) is 56.5. The fourth-order valence-electron chi connectivity index (χ4n) is 6.28. The standard InChI is InChI=1S/C28H34N4O5/c33-16-24(34)22(10-9-18-13-14-29-26(18)35)31-27(36)25-20-8-4-7-19(20)15-32(25)28(37)23-12-11-21(30-23)17-5-2-1-3-6-17/h1-3,5-6,11-12,18-20,22,25,30,33H,4,7-10,13-16H2,(H,29,35)(H,31,36)/t18-,19+,20+,22+,25+/m1/s1. The van der Waals surface area contributed by atoms with Crippen LogP contribution in [0.5, 0.6) is 0 Å². The van der Waals surface area contributed by atoms with E-state index in [2.05, 4.69) is 15.6 Å². The molecule has 37 heavy (non-hydrogen) atoms. The molecule has 2 aliphatic heterocycles. The lowest BCUT2D eigenvalue weighted by Crippen LogP contribution is -2.53. The molecule has 2 saturated heterocycles. The second-order valence-electron chi connectivity index (χ2n) is 10.4. The monoisotopic (exact) mass is 506 g/mol. The van der Waals surface area contributed by atoms with Gasteiger partial charge in [-0.15, -0.1) is 0 Å². The number of carbonyl (C=O) groups excluding carboxylic acids is 4. The van der Waals surface area contributed by atoms with E-state index in [9.17, 15) is 24.3 Å². The first-order chi connectivity index (χ1) is 18.0. The van der Waals surface area contributed by atoms with Crippen LogP contribution in [0.3, 0.4) is 0 Å². The highest BCUT2D eigenvalue weighted by Crippen LogP contribution is 2.43. The predicted octanol–water partition coefficient (Wildman–Crippen LogP) is 1.88. The van der Waals surface area contributed by atoms with Crippen molar-refractivity contribution >= 4 is 23.5 Å². The van der Waals surface area contributed by atoms with Crippen LogP contribution >= 0.6 is 0 Å². The summed E-state index contributed by atoms with van der Waals surface area (Å²) in [7, 11) is 0. The molecule has 1 aromatic carbocycles. The van der Waals surface area contributed by atoms with Gasteiger partial charge in [0.2, 0.25) is 11.8 Å². The van der Waals surface area contributed by atoms with E-state index >= 15 is 0 Å². The van der Waals surface area contributed by atoms with Gasteiger partial charge in [-0.3, -0.25) is 19.2 Å². The van der Waals surface area contributed by atoms with Crippen molar-refractivity contribution in [1.29, 1.82) is 0 Å². The smallest absolute Gasteiger partial charge is 0.270 e. The molecule has 0 spiro atoms. The Morgan fingerprint density at radius 3 is 2.62 bits per heavy atom. The first-order valence-corrected chi connectivity index (χ1v) is 13.2. The highest BCUT2D eigenvalue weighted by atomic mass is 16.3. The van der Waals surface area contributed by atoms with Crippen molar-refractivity contribution in [1.82, 2.24) is 20.5 Å². The maximum absolute atomic E-state index is 13.6. The Hall–Kier alpha value is -3.46. The summed E-state index contributed by atoms with van der Waals surface area (Å²) in [6.45, 7) is 0.426. The van der Waals surface area contributed by atoms with Crippen LogP contribution in [0.15, 0.2) is 42.5 Å². The lowest BCUT2D eigenvalue weighted by atomic mass is 9.92. The minimum absolute atomic E-state index is 0.0382. The summed E-state index contributed by atoms with van der Waals surface area (Å²) >= 11 is 0. The Balaban J connectivity index is 1.32. The maximum atomic E-state index is 13.6. The molecule has 5 atom stereocenters. The molecule has 196 valence electrons. The van der Waals surface area contributed by atoms with Crippen molar-refractivity contribution in [2.24, 2.45) is 17.8 Å². The van der Waals surface area contributed by atoms with E-state index in [0.717, 1.165) is 30.5 Å². The Labute approximate surface area is 216 Å². The lowest BCUT2D eigenvalue weighted by molar-refractivity contribution is -0.132. The van der Waals surface area contributed by atoms with Crippen molar-refractivity contribution < 1.29 is 24.3 Å². The maximum Gasteiger partial charge on any atom is 0.270 e. The molecule has 2 aromatic rings. The van der Waals surface area contributed by atoms with Gasteiger partial charge in [0.25, 0.3) is 5.91 Å². The number of aromatic nitrogens is 1. The first-order valence-electron chi connectivity index (χ1n) is 13.2. The third-order valence-electron chi connectivity index (χ3n) is 8.25. The number of aliphatic hydroxyl groups is 1. The molecule has 5 rings (SSSR count). The van der Waals surface area contributed by atoms with Gasteiger partial charge in [0, 0.05) is 24.7 Å². The van der Waals surface area contributed by atoms with Crippen LogP contribution in [0.1, 0.15) is 49.0 Å². The Morgan fingerprint density at radius 1 is 1.08 bits per heavy atom. The predicted molar refractivity (Wildman–Crippen MR) is 136 cm³/mol. The molecule has 0 radical (unpaired) electrons. The summed E-state index contributed by atoms with van der Waals surface area (Å²) < 4.78 is 0. The molecule has 3 heterocycles. The molecular weight excluding hydrogens is 472 g/mol. The summed E-state index contributed by atoms with van der Waals surface area (Å²) in [5, 5.41) is 15.1. The fourth-order valence-corrected chi connectivity index (χ4v) is 6.28. The molecule has 1 aromatic heterocycles. The Morgan fingerprint density at radius 2 is 1.89 bits per heavy atom. The quantitative estimate of drug-likeness (QED) is 0.412. The number of amides is 3. The molecule has 9 nitrogen and oxygen atoms in total. The number of aromatic amines is 1. The molecule has 9 heteroatoms. The topological polar surface area (TPSA) is 132 Å². The normalized spacial score (nSPS) is 25.5. The fraction of sp³-hybridized carbons (Fsp3) is 0.500. The van der Waals surface area contributed by atoms with Gasteiger partial charge in [0.05, 0.1) is 6.04 Å². The van der Waals surface area contributed by atoms with E-state index in [0.29, 0.717) is 31.6 Å². The summed E-state index contributed by atoms with van der Waals surface area (Å²) in [6.07, 6.45) is 4.25. The van der Waals surface area contributed by atoms with E-state index in [1.807, 2.05) is 36.4 Å². The third-order valence-corrected chi connectivity index (χ3v) is 8.25. The van der Waals surface area contributed by atoms with Gasteiger partial charge in [0.1, 0.15) is 18.3 Å². The van der Waals surface area contributed by atoms with E-state index < -0.39 is 24.5 Å². The average Bonchev–Trinajstić information content (AvgIpc) is 3.70. The van der Waals surface area contributed by atoms with Gasteiger partial charge < -0.3 is 25.6 Å². The molecule has 4 N–H and O–H groups in total. The van der Waals surface area contributed by atoms with Gasteiger partial charge >= 0.3 is 0 Å². The van der Waals surface area contributed by atoms with Crippen LogP contribution in [0, 0.1) is 17.8 Å². The number of Topliss-reactive ketones (excluding diaryl/α,β-unsaturated/α-hetero) is 1. The Kier molecular flexibility index (Phi) is 7.41. The van der Waals surface area contributed by atoms with E-state index in [1.165, 1.54) is 0 Å². The molecular formula is C28H34N4O5. The zero-order valence-electron chi connectivity index (χ0n) is 20.8. The number of fused-ring (bicyclic) bond motifs is 1. The van der Waals surface area contributed by atoms with Crippen molar-refractivity contribution in [3.05, 3.63) is 48.2 Å². The van der Waals surface area contributed by atoms with Crippen molar-refractivity contribution in [3.8, 4) is 11.3 Å². The summed E-state index contributed by atoms with van der Waals surface area (Å²) in [6, 6.07) is 11.8. The molecule has 1 aliphatic carbocycles. The third kappa shape index (κ3) is 5.18. The Bertz CT molecular complexity index is 1160. The average molecular weight is 507 g/mol. The second kappa shape index (κ2) is 10.9. The first kappa shape index (κ1) is 25.2. The highest BCUT2D eigenvalue weighted by Gasteiger charge is 2.50. The van der Waals surface area contributed by atoms with Crippen LogP contribution < -0.4 is 10.6 Å². The minimum Gasteiger partial charge on any atom is -0.389 e. The molecule has 3 fully saturated rings. The number of ketones is 1. The van der Waals surface area contributed by atoms with Gasteiger partial charge in [-0.2, -0.15) is 0 Å². The zero-order valence-corrected chi connectivity index (χ0v) is 20.8. The highest BCUT2D eigenvalue weighted by molar-refractivity contribution is 5.98. The molecule has 0 bridgehead atoms. The largest absolute Gasteiger partial charge is 0.389 e. The number of carbonyl (C=O) groups is 4. The summed E-state index contributed by atoms with van der Waals surface area (Å²) in [5.41, 5.74) is 2.22. The van der Waals surface area contributed by atoms with E-state index in [1.54, 1.807) is 11.0 Å². The van der Waals surface area contributed by atoms with Gasteiger partial charge in [0.15, 0.2) is 5.78 Å². The van der Waals surface area contributed by atoms with Crippen LogP contribution in [-0.2, 0) is 14.4 Å². The number of hydrogen-bond acceptors (Lipinski definition) is 5. The number of nitrogens with zero attached hydrogens (tertiary/aromatic N) is 1. The van der Waals surface area contributed by atoms with Gasteiger partial charge in [-0.1, -0.05) is 36.8 Å². The van der Waals surface area contributed by atoms with Gasteiger partial charge in [-0.05, 0) is 61.6 Å². The number of benzene rings is 1. The van der Waals surface area contributed by atoms with Crippen LogP contribution in [0.25, 0.3) is 11.3 Å². The number of nitrogens with one attached hydrogen (secondary N) is 3. The van der Waals surface area contributed by atoms with Crippen LogP contribution in [-0.4, -0.2) is 70.3 Å². The van der Waals surface area contributed by atoms with Crippen molar-refractivity contribution in [2.45, 2.75) is 50.6 Å². The number of hydrogen-bond donors (Lipinski definition) is 4. The van der Waals surface area contributed by atoms with Crippen molar-refractivity contribution in [2.75, 3.05) is 19.7 Å². The van der Waals surface area contributed by atoms with E-state index in [-0.39, 0.29) is 41.9 Å².